The second-order valence-corrected chi connectivity index (χ2v) is 7.55. The minimum Gasteiger partial charge on any atom is -0.279 e. The molecule has 8 heteroatoms. The normalized spacial score (nSPS) is 11.1. The van der Waals surface area contributed by atoms with Crippen LogP contribution in [0.5, 0.6) is 0 Å². The van der Waals surface area contributed by atoms with Gasteiger partial charge in [-0.15, -0.1) is 0 Å². The summed E-state index contributed by atoms with van der Waals surface area (Å²) in [5.74, 6) is -1.01. The number of aromatic nitrogens is 2. The van der Waals surface area contributed by atoms with Crippen LogP contribution >= 0.6 is 0 Å². The summed E-state index contributed by atoms with van der Waals surface area (Å²) in [7, 11) is -3.80. The van der Waals surface area contributed by atoms with Crippen LogP contribution in [0, 0.1) is 29.6 Å². The van der Waals surface area contributed by atoms with Crippen molar-refractivity contribution in [2.75, 3.05) is 0 Å². The fourth-order valence-electron chi connectivity index (χ4n) is 2.75. The van der Waals surface area contributed by atoms with E-state index < -0.39 is 15.9 Å². The molecule has 2 aromatic carbocycles. The molecule has 0 amide bonds. The number of benzene rings is 2. The lowest BCUT2D eigenvalue weighted by Gasteiger charge is -2.08. The first kappa shape index (κ1) is 18.3. The molecule has 0 aliphatic rings. The van der Waals surface area contributed by atoms with E-state index >= 15 is 0 Å². The first-order valence-electron chi connectivity index (χ1n) is 7.93. The fourth-order valence-corrected chi connectivity index (χ4v) is 3.26. The average Bonchev–Trinajstić information content (AvgIpc) is 3.08. The van der Waals surface area contributed by atoms with E-state index in [9.17, 15) is 18.9 Å². The Hall–Kier alpha value is -3.46. The van der Waals surface area contributed by atoms with Crippen LogP contribution in [-0.2, 0) is 10.0 Å². The first-order chi connectivity index (χ1) is 12.8. The number of hydrogen-bond donors (Lipinski definition) is 2. The molecule has 0 saturated carbocycles. The van der Waals surface area contributed by atoms with Gasteiger partial charge in [0.2, 0.25) is 10.0 Å². The van der Waals surface area contributed by atoms with Crippen molar-refractivity contribution >= 4 is 10.0 Å². The highest BCUT2D eigenvalue weighted by Gasteiger charge is 2.23. The summed E-state index contributed by atoms with van der Waals surface area (Å²) in [6, 6.07) is 17.5. The Morgan fingerprint density at radius 1 is 1.00 bits per heavy atom. The van der Waals surface area contributed by atoms with Crippen molar-refractivity contribution in [1.82, 2.24) is 10.2 Å². The van der Waals surface area contributed by atoms with Crippen molar-refractivity contribution in [3.8, 4) is 34.5 Å². The van der Waals surface area contributed by atoms with Crippen LogP contribution in [0.15, 0.2) is 53.4 Å². The van der Waals surface area contributed by atoms with Crippen molar-refractivity contribution in [1.29, 1.82) is 10.5 Å². The quantitative estimate of drug-likeness (QED) is 0.720. The topological polar surface area (TPSA) is 136 Å². The molecular formula is C19H15N5O2S. The van der Waals surface area contributed by atoms with E-state index in [1.54, 1.807) is 12.1 Å². The van der Waals surface area contributed by atoms with Gasteiger partial charge in [0.05, 0.1) is 22.7 Å². The Morgan fingerprint density at radius 3 is 2.07 bits per heavy atom. The standard InChI is InChI=1S/C19H15N5O2S/c1-12-2-4-13(5-3-12)17-18(23-24-19(17)15(10-20)11-21)14-6-8-16(9-7-14)27(22,25)26/h2-9,15H,1H3,(H,23,24)(H2,22,25,26). The minimum absolute atomic E-state index is 0.00850. The molecule has 0 fully saturated rings. The SMILES string of the molecule is Cc1ccc(-c2c(-c3ccc(S(N)(=O)=O)cc3)n[nH]c2C(C#N)C#N)cc1. The molecule has 3 N–H and O–H groups in total. The molecule has 0 radical (unpaired) electrons. The van der Waals surface area contributed by atoms with Crippen LogP contribution in [0.2, 0.25) is 0 Å². The Balaban J connectivity index is 2.21. The summed E-state index contributed by atoms with van der Waals surface area (Å²) in [5, 5.41) is 30.8. The van der Waals surface area contributed by atoms with Gasteiger partial charge in [-0.1, -0.05) is 42.0 Å². The molecule has 3 aromatic rings. The van der Waals surface area contributed by atoms with Crippen LogP contribution in [0.1, 0.15) is 17.2 Å². The number of rotatable bonds is 4. The number of sulfonamides is 1. The summed E-state index contributed by atoms with van der Waals surface area (Å²) < 4.78 is 22.9. The lowest BCUT2D eigenvalue weighted by atomic mass is 9.94. The van der Waals surface area contributed by atoms with Gasteiger partial charge in [0, 0.05) is 11.1 Å². The van der Waals surface area contributed by atoms with E-state index in [4.69, 9.17) is 5.14 Å². The van der Waals surface area contributed by atoms with Crippen molar-refractivity contribution < 1.29 is 8.42 Å². The Morgan fingerprint density at radius 2 is 1.56 bits per heavy atom. The highest BCUT2D eigenvalue weighted by atomic mass is 32.2. The molecular weight excluding hydrogens is 362 g/mol. The number of H-pyrrole nitrogens is 1. The lowest BCUT2D eigenvalue weighted by molar-refractivity contribution is 0.598. The van der Waals surface area contributed by atoms with Crippen LogP contribution in [0.3, 0.4) is 0 Å². The molecule has 27 heavy (non-hydrogen) atoms. The predicted octanol–water partition coefficient (Wildman–Crippen LogP) is 2.83. The van der Waals surface area contributed by atoms with E-state index in [0.717, 1.165) is 11.1 Å². The lowest BCUT2D eigenvalue weighted by Crippen LogP contribution is -2.11. The summed E-state index contributed by atoms with van der Waals surface area (Å²) in [6.45, 7) is 1.96. The maximum atomic E-state index is 11.5. The summed E-state index contributed by atoms with van der Waals surface area (Å²) in [5.41, 5.74) is 4.05. The first-order valence-corrected chi connectivity index (χ1v) is 9.47. The highest BCUT2D eigenvalue weighted by molar-refractivity contribution is 7.89. The Labute approximate surface area is 156 Å². The molecule has 0 bridgehead atoms. The van der Waals surface area contributed by atoms with Gasteiger partial charge in [0.1, 0.15) is 5.69 Å². The summed E-state index contributed by atoms with van der Waals surface area (Å²) in [4.78, 5) is -0.00850. The molecule has 0 unspecified atom stereocenters. The van der Waals surface area contributed by atoms with Gasteiger partial charge in [0.25, 0.3) is 0 Å². The third-order valence-corrected chi connectivity index (χ3v) is 5.07. The summed E-state index contributed by atoms with van der Waals surface area (Å²) in [6.07, 6.45) is 0. The van der Waals surface area contributed by atoms with Gasteiger partial charge in [-0.05, 0) is 24.6 Å². The van der Waals surface area contributed by atoms with Crippen LogP contribution in [0.25, 0.3) is 22.4 Å². The smallest absolute Gasteiger partial charge is 0.238 e. The molecule has 3 rings (SSSR count). The maximum absolute atomic E-state index is 11.5. The van der Waals surface area contributed by atoms with Gasteiger partial charge >= 0.3 is 0 Å². The monoisotopic (exact) mass is 377 g/mol. The largest absolute Gasteiger partial charge is 0.279 e. The molecule has 1 aromatic heterocycles. The fraction of sp³-hybridized carbons (Fsp3) is 0.105. The number of hydrogen-bond acceptors (Lipinski definition) is 5. The predicted molar refractivity (Wildman–Crippen MR) is 99.5 cm³/mol. The second kappa shape index (κ2) is 7.04. The van der Waals surface area contributed by atoms with Crippen LogP contribution in [0.4, 0.5) is 0 Å². The third kappa shape index (κ3) is 3.58. The molecule has 1 heterocycles. The highest BCUT2D eigenvalue weighted by Crippen LogP contribution is 2.36. The number of aryl methyl sites for hydroxylation is 1. The van der Waals surface area contributed by atoms with Crippen LogP contribution in [-0.4, -0.2) is 18.6 Å². The molecule has 0 aliphatic heterocycles. The van der Waals surface area contributed by atoms with Gasteiger partial charge in [-0.2, -0.15) is 15.6 Å². The zero-order valence-electron chi connectivity index (χ0n) is 14.3. The number of nitrogens with zero attached hydrogens (tertiary/aromatic N) is 3. The van der Waals surface area contributed by atoms with E-state index in [-0.39, 0.29) is 4.90 Å². The molecule has 0 spiro atoms. The maximum Gasteiger partial charge on any atom is 0.238 e. The molecule has 0 atom stereocenters. The zero-order chi connectivity index (χ0) is 19.6. The Bertz CT molecular complexity index is 1150. The number of nitriles is 2. The van der Waals surface area contributed by atoms with E-state index in [2.05, 4.69) is 10.2 Å². The van der Waals surface area contributed by atoms with Gasteiger partial charge in [-0.3, -0.25) is 5.10 Å². The van der Waals surface area contributed by atoms with E-state index in [1.807, 2.05) is 43.3 Å². The number of nitrogens with two attached hydrogens (primary N) is 1. The third-order valence-electron chi connectivity index (χ3n) is 4.14. The molecule has 134 valence electrons. The van der Waals surface area contributed by atoms with E-state index in [0.29, 0.717) is 22.5 Å². The van der Waals surface area contributed by atoms with Crippen molar-refractivity contribution in [2.45, 2.75) is 17.7 Å². The van der Waals surface area contributed by atoms with E-state index in [1.165, 1.54) is 12.1 Å². The molecule has 7 nitrogen and oxygen atoms in total. The van der Waals surface area contributed by atoms with Crippen LogP contribution < -0.4 is 5.14 Å². The van der Waals surface area contributed by atoms with Crippen molar-refractivity contribution in [2.24, 2.45) is 5.14 Å². The zero-order valence-corrected chi connectivity index (χ0v) is 15.2. The van der Waals surface area contributed by atoms with Crippen molar-refractivity contribution in [3.63, 3.8) is 0 Å². The summed E-state index contributed by atoms with van der Waals surface area (Å²) >= 11 is 0. The van der Waals surface area contributed by atoms with Gasteiger partial charge in [0.15, 0.2) is 5.92 Å². The average molecular weight is 377 g/mol. The molecule has 0 aliphatic carbocycles. The number of primary sulfonamides is 1. The molecule has 0 saturated heterocycles. The van der Waals surface area contributed by atoms with Gasteiger partial charge < -0.3 is 0 Å². The number of nitrogens with one attached hydrogen (secondary N) is 1. The number of aromatic amines is 1. The second-order valence-electron chi connectivity index (χ2n) is 5.99. The Kier molecular flexibility index (Phi) is 4.78. The van der Waals surface area contributed by atoms with Crippen molar-refractivity contribution in [3.05, 3.63) is 59.8 Å². The van der Waals surface area contributed by atoms with Gasteiger partial charge in [-0.25, -0.2) is 13.6 Å². The minimum atomic E-state index is -3.80.